The van der Waals surface area contributed by atoms with Gasteiger partial charge >= 0.3 is 0 Å². The Labute approximate surface area is 142 Å². The molecule has 126 valence electrons. The summed E-state index contributed by atoms with van der Waals surface area (Å²) in [6.07, 6.45) is 1.97. The Morgan fingerprint density at radius 2 is 2.00 bits per heavy atom. The van der Waals surface area contributed by atoms with E-state index in [2.05, 4.69) is 5.32 Å². The zero-order valence-electron chi connectivity index (χ0n) is 14.0. The highest BCUT2D eigenvalue weighted by Gasteiger charge is 2.22. The Balaban J connectivity index is 1.42. The summed E-state index contributed by atoms with van der Waals surface area (Å²) in [5.41, 5.74) is 2.27. The normalized spacial score (nSPS) is 16.0. The largest absolute Gasteiger partial charge is 0.494 e. The number of fused-ring (bicyclic) bond motifs is 1. The topological polar surface area (TPSA) is 47.6 Å². The third-order valence-electron chi connectivity index (χ3n) is 4.13. The molecule has 1 atom stereocenters. The number of rotatable bonds is 6. The van der Waals surface area contributed by atoms with Crippen molar-refractivity contribution in [2.45, 2.75) is 32.2 Å². The highest BCUT2D eigenvalue weighted by molar-refractivity contribution is 5.76. The van der Waals surface area contributed by atoms with Crippen LogP contribution in [0, 0.1) is 6.92 Å². The number of aryl methyl sites for hydroxylation is 1. The Morgan fingerprint density at radius 3 is 2.83 bits per heavy atom. The summed E-state index contributed by atoms with van der Waals surface area (Å²) in [6.45, 7) is 3.22. The molecule has 0 bridgehead atoms. The van der Waals surface area contributed by atoms with Gasteiger partial charge in [-0.1, -0.05) is 35.9 Å². The minimum Gasteiger partial charge on any atom is -0.494 e. The van der Waals surface area contributed by atoms with Crippen molar-refractivity contribution in [1.29, 1.82) is 0 Å². The lowest BCUT2D eigenvalue weighted by Crippen LogP contribution is -2.32. The van der Waals surface area contributed by atoms with Crippen LogP contribution in [0.15, 0.2) is 48.5 Å². The maximum atomic E-state index is 12.2. The third kappa shape index (κ3) is 4.28. The second kappa shape index (κ2) is 7.86. The average Bonchev–Trinajstić information content (AvgIpc) is 2.61. The summed E-state index contributed by atoms with van der Waals surface area (Å²) in [4.78, 5) is 12.2. The molecule has 2 aromatic rings. The van der Waals surface area contributed by atoms with Gasteiger partial charge in [0.15, 0.2) is 0 Å². The van der Waals surface area contributed by atoms with Gasteiger partial charge in [-0.25, -0.2) is 0 Å². The van der Waals surface area contributed by atoms with Crippen LogP contribution in [0.3, 0.4) is 0 Å². The molecule has 0 saturated heterocycles. The van der Waals surface area contributed by atoms with Crippen molar-refractivity contribution >= 4 is 5.91 Å². The van der Waals surface area contributed by atoms with Crippen LogP contribution >= 0.6 is 0 Å². The molecule has 4 heteroatoms. The highest BCUT2D eigenvalue weighted by Crippen LogP contribution is 2.31. The molecule has 0 spiro atoms. The monoisotopic (exact) mass is 325 g/mol. The van der Waals surface area contributed by atoms with Gasteiger partial charge in [0.2, 0.25) is 5.91 Å². The van der Waals surface area contributed by atoms with E-state index in [0.29, 0.717) is 26.1 Å². The van der Waals surface area contributed by atoms with E-state index in [-0.39, 0.29) is 11.9 Å². The second-order valence-corrected chi connectivity index (χ2v) is 6.06. The first-order valence-electron chi connectivity index (χ1n) is 8.43. The first kappa shape index (κ1) is 16.4. The number of benzene rings is 2. The molecule has 1 aliphatic rings. The van der Waals surface area contributed by atoms with Gasteiger partial charge in [-0.3, -0.25) is 4.79 Å². The molecule has 0 aliphatic carbocycles. The summed E-state index contributed by atoms with van der Waals surface area (Å²) in [7, 11) is 0. The Morgan fingerprint density at radius 1 is 1.21 bits per heavy atom. The molecule has 1 amide bonds. The van der Waals surface area contributed by atoms with Crippen molar-refractivity contribution < 1.29 is 14.3 Å². The van der Waals surface area contributed by atoms with E-state index in [0.717, 1.165) is 23.5 Å². The predicted octanol–water partition coefficient (Wildman–Crippen LogP) is 3.79. The van der Waals surface area contributed by atoms with Gasteiger partial charge in [0, 0.05) is 18.4 Å². The first-order valence-corrected chi connectivity index (χ1v) is 8.43. The van der Waals surface area contributed by atoms with Crippen molar-refractivity contribution in [2.24, 2.45) is 0 Å². The smallest absolute Gasteiger partial charge is 0.220 e. The second-order valence-electron chi connectivity index (χ2n) is 6.06. The lowest BCUT2D eigenvalue weighted by Gasteiger charge is -2.26. The molecule has 24 heavy (non-hydrogen) atoms. The number of hydrogen-bond acceptors (Lipinski definition) is 3. The van der Waals surface area contributed by atoms with Gasteiger partial charge in [0.05, 0.1) is 19.3 Å². The van der Waals surface area contributed by atoms with Gasteiger partial charge in [0.25, 0.3) is 0 Å². The molecule has 0 aromatic heterocycles. The fourth-order valence-corrected chi connectivity index (χ4v) is 2.82. The minimum atomic E-state index is 0.0421. The van der Waals surface area contributed by atoms with Crippen LogP contribution in [-0.2, 0) is 4.79 Å². The summed E-state index contributed by atoms with van der Waals surface area (Å²) in [6, 6.07) is 15.9. The summed E-state index contributed by atoms with van der Waals surface area (Å²) in [5.74, 6) is 1.78. The fourth-order valence-electron chi connectivity index (χ4n) is 2.82. The number of amides is 1. The van der Waals surface area contributed by atoms with Crippen molar-refractivity contribution in [3.63, 3.8) is 0 Å². The predicted molar refractivity (Wildman–Crippen MR) is 93.3 cm³/mol. The SMILES string of the molecule is Cc1ccc(OCCCC(=O)N[C@H]2CCOc3ccccc32)cc1. The van der Waals surface area contributed by atoms with Crippen molar-refractivity contribution in [1.82, 2.24) is 5.32 Å². The highest BCUT2D eigenvalue weighted by atomic mass is 16.5. The molecular weight excluding hydrogens is 302 g/mol. The van der Waals surface area contributed by atoms with Crippen LogP contribution in [0.25, 0.3) is 0 Å². The summed E-state index contributed by atoms with van der Waals surface area (Å²) in [5, 5.41) is 3.11. The van der Waals surface area contributed by atoms with E-state index >= 15 is 0 Å². The van der Waals surface area contributed by atoms with Crippen LogP contribution < -0.4 is 14.8 Å². The van der Waals surface area contributed by atoms with Gasteiger partial charge in [-0.15, -0.1) is 0 Å². The quantitative estimate of drug-likeness (QED) is 0.822. The Kier molecular flexibility index (Phi) is 5.36. The van der Waals surface area contributed by atoms with E-state index in [9.17, 15) is 4.79 Å². The molecule has 0 unspecified atom stereocenters. The first-order chi connectivity index (χ1) is 11.7. The minimum absolute atomic E-state index is 0.0421. The van der Waals surface area contributed by atoms with Gasteiger partial charge in [-0.2, -0.15) is 0 Å². The zero-order valence-corrected chi connectivity index (χ0v) is 14.0. The van der Waals surface area contributed by atoms with E-state index in [1.165, 1.54) is 5.56 Å². The van der Waals surface area contributed by atoms with E-state index in [1.807, 2.05) is 55.5 Å². The molecule has 1 aliphatic heterocycles. The van der Waals surface area contributed by atoms with E-state index < -0.39 is 0 Å². The molecule has 3 rings (SSSR count). The number of ether oxygens (including phenoxy) is 2. The maximum absolute atomic E-state index is 12.2. The summed E-state index contributed by atoms with van der Waals surface area (Å²) < 4.78 is 11.3. The zero-order chi connectivity index (χ0) is 16.8. The lowest BCUT2D eigenvalue weighted by atomic mass is 10.0. The molecule has 0 fully saturated rings. The lowest BCUT2D eigenvalue weighted by molar-refractivity contribution is -0.122. The molecular formula is C20H23NO3. The molecule has 0 saturated carbocycles. The molecule has 1 heterocycles. The van der Waals surface area contributed by atoms with Crippen LogP contribution in [0.2, 0.25) is 0 Å². The number of para-hydroxylation sites is 1. The number of carbonyl (C=O) groups excluding carboxylic acids is 1. The number of hydrogen-bond donors (Lipinski definition) is 1. The third-order valence-corrected chi connectivity index (χ3v) is 4.13. The standard InChI is InChI=1S/C20H23NO3/c1-15-8-10-16(11-9-15)23-13-4-7-20(22)21-18-12-14-24-19-6-3-2-5-17(18)19/h2-3,5-6,8-11,18H,4,7,12-14H2,1H3,(H,21,22)/t18-/m0/s1. The number of nitrogens with one attached hydrogen (secondary N) is 1. The molecule has 2 aromatic carbocycles. The Bertz CT molecular complexity index is 682. The Hall–Kier alpha value is -2.49. The average molecular weight is 325 g/mol. The fraction of sp³-hybridized carbons (Fsp3) is 0.350. The van der Waals surface area contributed by atoms with Crippen LogP contribution in [0.1, 0.15) is 36.4 Å². The van der Waals surface area contributed by atoms with Gasteiger partial charge in [0.1, 0.15) is 11.5 Å². The maximum Gasteiger partial charge on any atom is 0.220 e. The van der Waals surface area contributed by atoms with Gasteiger partial charge in [-0.05, 0) is 31.5 Å². The van der Waals surface area contributed by atoms with Crippen LogP contribution in [0.4, 0.5) is 0 Å². The van der Waals surface area contributed by atoms with Crippen LogP contribution in [-0.4, -0.2) is 19.1 Å². The molecule has 0 radical (unpaired) electrons. The van der Waals surface area contributed by atoms with E-state index in [1.54, 1.807) is 0 Å². The summed E-state index contributed by atoms with van der Waals surface area (Å²) >= 11 is 0. The van der Waals surface area contributed by atoms with E-state index in [4.69, 9.17) is 9.47 Å². The van der Waals surface area contributed by atoms with Crippen molar-refractivity contribution in [3.8, 4) is 11.5 Å². The molecule has 4 nitrogen and oxygen atoms in total. The number of carbonyl (C=O) groups is 1. The van der Waals surface area contributed by atoms with Crippen LogP contribution in [0.5, 0.6) is 11.5 Å². The van der Waals surface area contributed by atoms with Crippen molar-refractivity contribution in [2.75, 3.05) is 13.2 Å². The van der Waals surface area contributed by atoms with Crippen molar-refractivity contribution in [3.05, 3.63) is 59.7 Å². The van der Waals surface area contributed by atoms with Gasteiger partial charge < -0.3 is 14.8 Å². The molecule has 1 N–H and O–H groups in total.